The smallest absolute Gasteiger partial charge is 0.394 e. The average molecular weight is 991 g/mol. The van der Waals surface area contributed by atoms with Gasteiger partial charge in [0, 0.05) is 6.42 Å². The lowest BCUT2D eigenvalue weighted by Crippen LogP contribution is -2.61. The van der Waals surface area contributed by atoms with Crippen LogP contribution in [0.4, 0.5) is 0 Å². The van der Waals surface area contributed by atoms with Gasteiger partial charge in [0.25, 0.3) is 0 Å². The molecule has 404 valence electrons. The first-order valence-electron chi connectivity index (χ1n) is 28.6. The predicted molar refractivity (Wildman–Crippen MR) is 278 cm³/mol. The first-order valence-corrected chi connectivity index (χ1v) is 29.9. The van der Waals surface area contributed by atoms with Gasteiger partial charge in [-0.05, 0) is 38.5 Å². The lowest BCUT2D eigenvalue weighted by Gasteiger charge is -2.41. The Kier molecular flexibility index (Phi) is 43.6. The second-order valence-electron chi connectivity index (χ2n) is 20.2. The quantitative estimate of drug-likeness (QED) is 0.0193. The topological polar surface area (TPSA) is 192 Å². The van der Waals surface area contributed by atoms with Gasteiger partial charge in [-0.1, -0.05) is 244 Å². The molecule has 6 N–H and O–H groups in total. The van der Waals surface area contributed by atoms with E-state index in [2.05, 4.69) is 35.5 Å². The van der Waals surface area contributed by atoms with Crippen LogP contribution in [0, 0.1) is 0 Å². The van der Waals surface area contributed by atoms with Crippen molar-refractivity contribution in [1.82, 2.24) is 5.32 Å². The van der Waals surface area contributed by atoms with Crippen LogP contribution in [0.25, 0.3) is 0 Å². The zero-order valence-corrected chi connectivity index (χ0v) is 44.5. The molecular weight excluding hydrogens is 883 g/mol. The summed E-state index contributed by atoms with van der Waals surface area (Å²) in [6.45, 7) is 3.49. The molecule has 0 radical (unpaired) electrons. The Bertz CT molecular complexity index is 1260. The van der Waals surface area contributed by atoms with E-state index in [1.807, 2.05) is 0 Å². The van der Waals surface area contributed by atoms with E-state index >= 15 is 0 Å². The first-order chi connectivity index (χ1) is 33.0. The fraction of sp³-hybridized carbons (Fsp3) is 0.945. The number of aliphatic hydroxyl groups excluding tert-OH is 4. The molecule has 1 amide bonds. The standard InChI is InChI=1S/C55H107NO11S/c1-3-5-7-9-11-13-15-17-19-21-23-24-25-27-28-30-32-34-36-38-40-42-44-49(58)48(47-65-55-53(61)54(67-68(62,63)64)52(60)50(46-57)66-55)56-51(59)45-43-41-39-37-35-33-31-29-26-22-20-18-16-14-12-10-8-6-4-2/h22,26,48-50,52-55,57-58,60-61H,3-21,23-25,27-47H2,1-2H3,(H,56,59)(H,62,63,64)/b26-22-. The highest BCUT2D eigenvalue weighted by atomic mass is 32.3. The van der Waals surface area contributed by atoms with Gasteiger partial charge in [-0.2, -0.15) is 8.42 Å². The highest BCUT2D eigenvalue weighted by Gasteiger charge is 2.48. The number of rotatable bonds is 50. The molecule has 1 aliphatic heterocycles. The Morgan fingerprint density at radius 1 is 0.574 bits per heavy atom. The number of aliphatic hydroxyl groups is 4. The van der Waals surface area contributed by atoms with Crippen molar-refractivity contribution in [2.75, 3.05) is 13.2 Å². The van der Waals surface area contributed by atoms with E-state index < -0.39 is 59.9 Å². The molecule has 7 atom stereocenters. The van der Waals surface area contributed by atoms with Crippen molar-refractivity contribution in [3.63, 3.8) is 0 Å². The Labute approximate surface area is 417 Å². The molecule has 0 aromatic carbocycles. The third-order valence-electron chi connectivity index (χ3n) is 13.8. The minimum absolute atomic E-state index is 0.230. The Hall–Kier alpha value is -1.16. The number of nitrogens with one attached hydrogen (secondary N) is 1. The van der Waals surface area contributed by atoms with Crippen LogP contribution < -0.4 is 5.32 Å². The monoisotopic (exact) mass is 990 g/mol. The normalized spacial score (nSPS) is 19.8. The van der Waals surface area contributed by atoms with E-state index in [1.165, 1.54) is 193 Å². The molecule has 0 spiro atoms. The highest BCUT2D eigenvalue weighted by Crippen LogP contribution is 2.26. The van der Waals surface area contributed by atoms with Crippen molar-refractivity contribution >= 4 is 16.3 Å². The number of hydrogen-bond donors (Lipinski definition) is 6. The van der Waals surface area contributed by atoms with Gasteiger partial charge in [-0.25, -0.2) is 4.18 Å². The minimum Gasteiger partial charge on any atom is -0.394 e. The molecule has 1 aliphatic rings. The third kappa shape index (κ3) is 37.6. The lowest BCUT2D eigenvalue weighted by molar-refractivity contribution is -0.298. The molecule has 0 aromatic rings. The van der Waals surface area contributed by atoms with Crippen LogP contribution in [-0.4, -0.2) is 95.4 Å². The molecule has 1 fully saturated rings. The van der Waals surface area contributed by atoms with Gasteiger partial charge >= 0.3 is 10.4 Å². The number of carbonyl (C=O) groups excluding carboxylic acids is 1. The van der Waals surface area contributed by atoms with Crippen molar-refractivity contribution < 1.29 is 51.8 Å². The summed E-state index contributed by atoms with van der Waals surface area (Å²) in [5.41, 5.74) is 0. The van der Waals surface area contributed by atoms with Crippen LogP contribution in [0.15, 0.2) is 12.2 Å². The van der Waals surface area contributed by atoms with Gasteiger partial charge in [-0.15, -0.1) is 0 Å². The number of hydrogen-bond acceptors (Lipinski definition) is 10. The van der Waals surface area contributed by atoms with Crippen LogP contribution in [-0.2, 0) is 28.9 Å². The van der Waals surface area contributed by atoms with E-state index in [4.69, 9.17) is 9.47 Å². The van der Waals surface area contributed by atoms with Crippen LogP contribution in [0.3, 0.4) is 0 Å². The third-order valence-corrected chi connectivity index (χ3v) is 14.3. The summed E-state index contributed by atoms with van der Waals surface area (Å²) in [4.78, 5) is 13.1. The van der Waals surface area contributed by atoms with Gasteiger partial charge in [-0.3, -0.25) is 9.35 Å². The second-order valence-corrected chi connectivity index (χ2v) is 21.3. The summed E-state index contributed by atoms with van der Waals surface area (Å²) in [5.74, 6) is -0.230. The van der Waals surface area contributed by atoms with Crippen LogP contribution in [0.5, 0.6) is 0 Å². The van der Waals surface area contributed by atoms with E-state index in [0.717, 1.165) is 51.4 Å². The molecule has 1 saturated heterocycles. The van der Waals surface area contributed by atoms with Crippen molar-refractivity contribution in [2.45, 2.75) is 320 Å². The minimum atomic E-state index is -5.08. The number of ether oxygens (including phenoxy) is 2. The molecule has 1 heterocycles. The summed E-state index contributed by atoms with van der Waals surface area (Å²) in [7, 11) is -5.08. The summed E-state index contributed by atoms with van der Waals surface area (Å²) in [5, 5.41) is 45.1. The Balaban J connectivity index is 2.37. The maximum absolute atomic E-state index is 13.1. The van der Waals surface area contributed by atoms with Gasteiger partial charge in [0.2, 0.25) is 5.91 Å². The zero-order valence-electron chi connectivity index (χ0n) is 43.7. The molecule has 0 aliphatic carbocycles. The molecule has 7 unspecified atom stereocenters. The van der Waals surface area contributed by atoms with Crippen LogP contribution in [0.1, 0.15) is 277 Å². The number of unbranched alkanes of at least 4 members (excludes halogenated alkanes) is 36. The van der Waals surface area contributed by atoms with Gasteiger partial charge in [0.1, 0.15) is 24.4 Å². The SMILES string of the molecule is CCCCCCCCCC/C=C\CCCCCCCCCC(=O)NC(COC1OC(CO)C(O)C(OS(=O)(=O)O)C1O)C(O)CCCCCCCCCCCCCCCCCCCCCCCC. The van der Waals surface area contributed by atoms with Gasteiger partial charge < -0.3 is 35.2 Å². The van der Waals surface area contributed by atoms with E-state index in [0.29, 0.717) is 12.8 Å². The Morgan fingerprint density at radius 2 is 0.941 bits per heavy atom. The van der Waals surface area contributed by atoms with E-state index in [9.17, 15) is 38.2 Å². The van der Waals surface area contributed by atoms with Crippen molar-refractivity contribution in [1.29, 1.82) is 0 Å². The van der Waals surface area contributed by atoms with E-state index in [1.54, 1.807) is 0 Å². The molecule has 1 rings (SSSR count). The largest absolute Gasteiger partial charge is 0.397 e. The number of amides is 1. The van der Waals surface area contributed by atoms with Crippen LogP contribution in [0.2, 0.25) is 0 Å². The molecule has 0 bridgehead atoms. The second kappa shape index (κ2) is 45.7. The van der Waals surface area contributed by atoms with E-state index in [-0.39, 0.29) is 18.9 Å². The highest BCUT2D eigenvalue weighted by molar-refractivity contribution is 7.80. The summed E-state index contributed by atoms with van der Waals surface area (Å²) >= 11 is 0. The number of allylic oxidation sites excluding steroid dienone is 2. The molecule has 12 nitrogen and oxygen atoms in total. The number of carbonyl (C=O) groups is 1. The maximum Gasteiger partial charge on any atom is 0.397 e. The molecular formula is C55H107NO11S. The first kappa shape index (κ1) is 64.9. The van der Waals surface area contributed by atoms with Gasteiger partial charge in [0.05, 0.1) is 25.4 Å². The van der Waals surface area contributed by atoms with Crippen molar-refractivity contribution in [3.05, 3.63) is 12.2 Å². The van der Waals surface area contributed by atoms with Crippen LogP contribution >= 0.6 is 0 Å². The van der Waals surface area contributed by atoms with Gasteiger partial charge in [0.15, 0.2) is 6.29 Å². The fourth-order valence-electron chi connectivity index (χ4n) is 9.40. The molecule has 68 heavy (non-hydrogen) atoms. The predicted octanol–water partition coefficient (Wildman–Crippen LogP) is 13.1. The fourth-order valence-corrected chi connectivity index (χ4v) is 9.91. The molecule has 0 saturated carbocycles. The summed E-state index contributed by atoms with van der Waals surface area (Å²) < 4.78 is 47.9. The lowest BCUT2D eigenvalue weighted by atomic mass is 9.99. The summed E-state index contributed by atoms with van der Waals surface area (Å²) in [6.07, 6.45) is 45.0. The average Bonchev–Trinajstić information content (AvgIpc) is 3.31. The zero-order chi connectivity index (χ0) is 49.8. The van der Waals surface area contributed by atoms with Crippen molar-refractivity contribution in [3.8, 4) is 0 Å². The maximum atomic E-state index is 13.1. The molecule has 0 aromatic heterocycles. The van der Waals surface area contributed by atoms with Crippen molar-refractivity contribution in [2.24, 2.45) is 0 Å². The summed E-state index contributed by atoms with van der Waals surface area (Å²) in [6, 6.07) is -0.858. The molecule has 13 heteroatoms. The Morgan fingerprint density at radius 3 is 1.32 bits per heavy atom.